The Morgan fingerprint density at radius 3 is 2.52 bits per heavy atom. The van der Waals surface area contributed by atoms with E-state index in [1.165, 1.54) is 0 Å². The topological polar surface area (TPSA) is 64.7 Å². The smallest absolute Gasteiger partial charge is 0.279 e. The van der Waals surface area contributed by atoms with E-state index in [2.05, 4.69) is 10.0 Å². The van der Waals surface area contributed by atoms with Gasteiger partial charge in [-0.3, -0.25) is 0 Å². The lowest BCUT2D eigenvalue weighted by molar-refractivity contribution is 0.194. The predicted octanol–water partition coefficient (Wildman–Crippen LogP) is 0.625. The van der Waals surface area contributed by atoms with Crippen LogP contribution < -0.4 is 10.0 Å². The van der Waals surface area contributed by atoms with Gasteiger partial charge in [-0.2, -0.15) is 12.7 Å². The lowest BCUT2D eigenvalue weighted by Gasteiger charge is -2.37. The molecular weight excluding hydrogens is 288 g/mol. The molecule has 0 radical (unpaired) electrons. The minimum Gasteiger partial charge on any atom is -0.315 e. The molecule has 1 saturated heterocycles. The van der Waals surface area contributed by atoms with E-state index in [4.69, 9.17) is 0 Å². The quantitative estimate of drug-likeness (QED) is 0.688. The van der Waals surface area contributed by atoms with Crippen LogP contribution in [0.15, 0.2) is 0 Å². The van der Waals surface area contributed by atoms with Crippen molar-refractivity contribution in [3.63, 3.8) is 0 Å². The fourth-order valence-electron chi connectivity index (χ4n) is 2.31. The van der Waals surface area contributed by atoms with Crippen LogP contribution in [0.4, 0.5) is 0 Å². The van der Waals surface area contributed by atoms with Gasteiger partial charge in [0, 0.05) is 31.2 Å². The van der Waals surface area contributed by atoms with Crippen LogP contribution in [-0.2, 0) is 10.2 Å². The fraction of sp³-hybridized carbons (Fsp3) is 1.00. The number of rotatable bonds is 8. The highest BCUT2D eigenvalue weighted by Gasteiger charge is 2.33. The van der Waals surface area contributed by atoms with E-state index >= 15 is 0 Å². The zero-order valence-corrected chi connectivity index (χ0v) is 15.0. The summed E-state index contributed by atoms with van der Waals surface area (Å²) in [5, 5.41) is 3.27. The largest absolute Gasteiger partial charge is 0.315 e. The Bertz CT molecular complexity index is 409. The highest BCUT2D eigenvalue weighted by Crippen LogP contribution is 2.20. The molecule has 0 saturated carbocycles. The number of nitrogens with zero attached hydrogens (tertiary/aromatic N) is 2. The number of likely N-dealkylation sites (N-methyl/N-ethyl adjacent to an activating group) is 2. The maximum Gasteiger partial charge on any atom is 0.279 e. The second-order valence-electron chi connectivity index (χ2n) is 6.60. The van der Waals surface area contributed by atoms with Gasteiger partial charge in [0.05, 0.1) is 0 Å². The third-order valence-corrected chi connectivity index (χ3v) is 6.02. The van der Waals surface area contributed by atoms with Gasteiger partial charge in [-0.1, -0.05) is 13.3 Å². The summed E-state index contributed by atoms with van der Waals surface area (Å²) in [5.41, 5.74) is -0.208. The highest BCUT2D eigenvalue weighted by atomic mass is 32.2. The van der Waals surface area contributed by atoms with Crippen molar-refractivity contribution in [1.29, 1.82) is 0 Å². The molecule has 1 heterocycles. The van der Waals surface area contributed by atoms with Crippen molar-refractivity contribution < 1.29 is 8.42 Å². The third kappa shape index (κ3) is 5.49. The maximum atomic E-state index is 12.6. The summed E-state index contributed by atoms with van der Waals surface area (Å²) < 4.78 is 29.6. The van der Waals surface area contributed by atoms with E-state index < -0.39 is 10.2 Å². The van der Waals surface area contributed by atoms with Gasteiger partial charge in [0.15, 0.2) is 0 Å². The first-order valence-electron chi connectivity index (χ1n) is 7.85. The van der Waals surface area contributed by atoms with Gasteiger partial charge in [-0.05, 0) is 47.3 Å². The van der Waals surface area contributed by atoms with Crippen LogP contribution in [-0.4, -0.2) is 69.5 Å². The van der Waals surface area contributed by atoms with Crippen LogP contribution in [0.5, 0.6) is 0 Å². The third-order valence-electron chi connectivity index (χ3n) is 4.41. The number of piperidine rings is 1. The Morgan fingerprint density at radius 2 is 1.95 bits per heavy atom. The Kier molecular flexibility index (Phi) is 7.06. The van der Waals surface area contributed by atoms with E-state index in [0.717, 1.165) is 32.4 Å². The molecule has 126 valence electrons. The second-order valence-corrected chi connectivity index (χ2v) is 8.31. The molecule has 21 heavy (non-hydrogen) atoms. The lowest BCUT2D eigenvalue weighted by Crippen LogP contribution is -2.56. The average molecular weight is 321 g/mol. The SMILES string of the molecule is CCNCC1CCCCN1S(=O)(=O)NCC(C)(C)N(C)C. The first-order valence-corrected chi connectivity index (χ1v) is 9.29. The van der Waals surface area contributed by atoms with Gasteiger partial charge in [-0.25, -0.2) is 4.72 Å². The zero-order chi connectivity index (χ0) is 16.1. The summed E-state index contributed by atoms with van der Waals surface area (Å²) in [4.78, 5) is 2.03. The Morgan fingerprint density at radius 1 is 1.29 bits per heavy atom. The van der Waals surface area contributed by atoms with Gasteiger partial charge in [0.1, 0.15) is 0 Å². The summed E-state index contributed by atoms with van der Waals surface area (Å²) in [7, 11) is 0.510. The molecule has 1 aliphatic rings. The van der Waals surface area contributed by atoms with Gasteiger partial charge in [-0.15, -0.1) is 0 Å². The Labute approximate surface area is 130 Å². The summed E-state index contributed by atoms with van der Waals surface area (Å²) in [6.45, 7) is 8.73. The number of hydrogen-bond acceptors (Lipinski definition) is 4. The Hall–Kier alpha value is -0.210. The lowest BCUT2D eigenvalue weighted by atomic mass is 10.1. The number of hydrogen-bond donors (Lipinski definition) is 2. The van der Waals surface area contributed by atoms with Gasteiger partial charge in [0.2, 0.25) is 0 Å². The van der Waals surface area contributed by atoms with Crippen LogP contribution in [0.2, 0.25) is 0 Å². The van der Waals surface area contributed by atoms with Crippen molar-refractivity contribution in [3.8, 4) is 0 Å². The van der Waals surface area contributed by atoms with Crippen molar-refractivity contribution >= 4 is 10.2 Å². The molecule has 0 aliphatic carbocycles. The average Bonchev–Trinajstić information content (AvgIpc) is 2.43. The predicted molar refractivity (Wildman–Crippen MR) is 87.6 cm³/mol. The van der Waals surface area contributed by atoms with Crippen molar-refractivity contribution in [2.24, 2.45) is 0 Å². The number of nitrogens with one attached hydrogen (secondary N) is 2. The molecule has 0 aromatic carbocycles. The molecule has 7 heteroatoms. The van der Waals surface area contributed by atoms with E-state index in [1.54, 1.807) is 4.31 Å². The molecule has 1 atom stereocenters. The van der Waals surface area contributed by atoms with Crippen molar-refractivity contribution in [1.82, 2.24) is 19.2 Å². The molecule has 1 unspecified atom stereocenters. The van der Waals surface area contributed by atoms with Crippen LogP contribution in [0, 0.1) is 0 Å². The molecule has 0 spiro atoms. The summed E-state index contributed by atoms with van der Waals surface area (Å²) >= 11 is 0. The normalized spacial score (nSPS) is 21.9. The van der Waals surface area contributed by atoms with Crippen molar-refractivity contribution in [2.45, 2.75) is 51.6 Å². The molecule has 0 aromatic rings. The first-order chi connectivity index (χ1) is 9.70. The fourth-order valence-corrected chi connectivity index (χ4v) is 3.96. The standard InChI is InChI=1S/C14H32N4O2S/c1-6-15-11-13-9-7-8-10-18(13)21(19,20)16-12-14(2,3)17(4)5/h13,15-16H,6-12H2,1-5H3. The molecule has 2 N–H and O–H groups in total. The first kappa shape index (κ1) is 18.8. The molecule has 1 rings (SSSR count). The minimum atomic E-state index is -3.41. The molecule has 6 nitrogen and oxygen atoms in total. The molecule has 0 amide bonds. The van der Waals surface area contributed by atoms with Crippen LogP contribution >= 0.6 is 0 Å². The van der Waals surface area contributed by atoms with Crippen LogP contribution in [0.25, 0.3) is 0 Å². The van der Waals surface area contributed by atoms with E-state index in [1.807, 2.05) is 39.8 Å². The monoisotopic (exact) mass is 320 g/mol. The molecular formula is C14H32N4O2S. The summed E-state index contributed by atoms with van der Waals surface area (Å²) in [6, 6.07) is 0.0682. The molecule has 0 aromatic heterocycles. The Balaban J connectivity index is 2.70. The van der Waals surface area contributed by atoms with E-state index in [9.17, 15) is 8.42 Å². The van der Waals surface area contributed by atoms with Crippen LogP contribution in [0.1, 0.15) is 40.0 Å². The van der Waals surface area contributed by atoms with Crippen molar-refractivity contribution in [2.75, 3.05) is 40.3 Å². The van der Waals surface area contributed by atoms with Crippen molar-refractivity contribution in [3.05, 3.63) is 0 Å². The molecule has 0 bridgehead atoms. The molecule has 1 fully saturated rings. The zero-order valence-electron chi connectivity index (χ0n) is 14.1. The van der Waals surface area contributed by atoms with Gasteiger partial charge >= 0.3 is 0 Å². The second kappa shape index (κ2) is 7.87. The van der Waals surface area contributed by atoms with Gasteiger partial charge in [0.25, 0.3) is 10.2 Å². The summed E-state index contributed by atoms with van der Waals surface area (Å²) in [5.74, 6) is 0. The highest BCUT2D eigenvalue weighted by molar-refractivity contribution is 7.87. The minimum absolute atomic E-state index is 0.0682. The van der Waals surface area contributed by atoms with Gasteiger partial charge < -0.3 is 10.2 Å². The molecule has 1 aliphatic heterocycles. The van der Waals surface area contributed by atoms with E-state index in [0.29, 0.717) is 13.1 Å². The van der Waals surface area contributed by atoms with E-state index in [-0.39, 0.29) is 11.6 Å². The summed E-state index contributed by atoms with van der Waals surface area (Å²) in [6.07, 6.45) is 2.98. The van der Waals surface area contributed by atoms with Crippen LogP contribution in [0.3, 0.4) is 0 Å². The maximum absolute atomic E-state index is 12.6.